The smallest absolute Gasteiger partial charge is 0.317 e. The lowest BCUT2D eigenvalue weighted by Crippen LogP contribution is -2.40. The van der Waals surface area contributed by atoms with Crippen LogP contribution in [0.2, 0.25) is 0 Å². The van der Waals surface area contributed by atoms with Crippen molar-refractivity contribution in [1.82, 2.24) is 4.90 Å². The second kappa shape index (κ2) is 5.91. The van der Waals surface area contributed by atoms with E-state index in [2.05, 4.69) is 30.9 Å². The Morgan fingerprint density at radius 3 is 2.80 bits per heavy atom. The maximum Gasteiger partial charge on any atom is 0.317 e. The lowest BCUT2D eigenvalue weighted by molar-refractivity contribution is -0.138. The molecule has 0 bridgehead atoms. The van der Waals surface area contributed by atoms with Gasteiger partial charge in [-0.25, -0.2) is 0 Å². The SMILES string of the molecule is CC(C)CN(CC(=O)O)C1C=CCCC1. The van der Waals surface area contributed by atoms with Crippen LogP contribution in [0.5, 0.6) is 0 Å². The van der Waals surface area contributed by atoms with E-state index in [1.807, 2.05) is 0 Å². The minimum Gasteiger partial charge on any atom is -0.480 e. The number of carbonyl (C=O) groups is 1. The number of rotatable bonds is 5. The number of carboxylic acid groups (broad SMARTS) is 1. The molecule has 86 valence electrons. The van der Waals surface area contributed by atoms with E-state index in [1.54, 1.807) is 0 Å². The van der Waals surface area contributed by atoms with Gasteiger partial charge in [-0.1, -0.05) is 26.0 Å². The molecule has 0 radical (unpaired) electrons. The van der Waals surface area contributed by atoms with Crippen LogP contribution in [0.1, 0.15) is 33.1 Å². The zero-order valence-corrected chi connectivity index (χ0v) is 9.65. The predicted octanol–water partition coefficient (Wildman–Crippen LogP) is 2.14. The van der Waals surface area contributed by atoms with Crippen molar-refractivity contribution in [2.45, 2.75) is 39.2 Å². The molecule has 0 aromatic rings. The molecule has 1 aliphatic carbocycles. The number of nitrogens with zero attached hydrogens (tertiary/aromatic N) is 1. The van der Waals surface area contributed by atoms with Gasteiger partial charge in [0.2, 0.25) is 0 Å². The fourth-order valence-electron chi connectivity index (χ4n) is 2.06. The van der Waals surface area contributed by atoms with E-state index in [4.69, 9.17) is 5.11 Å². The Morgan fingerprint density at radius 1 is 1.60 bits per heavy atom. The van der Waals surface area contributed by atoms with E-state index in [1.165, 1.54) is 6.42 Å². The van der Waals surface area contributed by atoms with E-state index in [0.29, 0.717) is 12.0 Å². The van der Waals surface area contributed by atoms with Gasteiger partial charge in [-0.05, 0) is 25.2 Å². The van der Waals surface area contributed by atoms with Gasteiger partial charge in [0.1, 0.15) is 0 Å². The molecule has 0 saturated carbocycles. The monoisotopic (exact) mass is 211 g/mol. The molecule has 3 heteroatoms. The first-order chi connectivity index (χ1) is 7.09. The molecule has 0 amide bonds. The van der Waals surface area contributed by atoms with Crippen molar-refractivity contribution in [2.24, 2.45) is 5.92 Å². The molecular weight excluding hydrogens is 190 g/mol. The highest BCUT2D eigenvalue weighted by Gasteiger charge is 2.20. The van der Waals surface area contributed by atoms with Crippen LogP contribution in [0, 0.1) is 5.92 Å². The van der Waals surface area contributed by atoms with E-state index in [-0.39, 0.29) is 6.54 Å². The second-order valence-electron chi connectivity index (χ2n) is 4.64. The Bertz CT molecular complexity index is 236. The summed E-state index contributed by atoms with van der Waals surface area (Å²) in [5.74, 6) is -0.214. The molecule has 0 aromatic carbocycles. The van der Waals surface area contributed by atoms with Gasteiger partial charge in [-0.3, -0.25) is 9.69 Å². The Labute approximate surface area is 91.8 Å². The molecule has 1 aliphatic rings. The minimum absolute atomic E-state index is 0.160. The van der Waals surface area contributed by atoms with Crippen molar-refractivity contribution < 1.29 is 9.90 Å². The third-order valence-corrected chi connectivity index (χ3v) is 2.64. The van der Waals surface area contributed by atoms with Gasteiger partial charge in [0.25, 0.3) is 0 Å². The zero-order valence-electron chi connectivity index (χ0n) is 9.65. The highest BCUT2D eigenvalue weighted by Crippen LogP contribution is 2.17. The maximum absolute atomic E-state index is 10.8. The van der Waals surface area contributed by atoms with Crippen molar-refractivity contribution in [2.75, 3.05) is 13.1 Å². The number of allylic oxidation sites excluding steroid dienone is 1. The minimum atomic E-state index is -0.727. The van der Waals surface area contributed by atoms with Gasteiger partial charge in [0.15, 0.2) is 0 Å². The summed E-state index contributed by atoms with van der Waals surface area (Å²) in [5.41, 5.74) is 0. The van der Waals surface area contributed by atoms with Crippen LogP contribution in [0.15, 0.2) is 12.2 Å². The van der Waals surface area contributed by atoms with Crippen LogP contribution in [0.3, 0.4) is 0 Å². The first kappa shape index (κ1) is 12.2. The average molecular weight is 211 g/mol. The van der Waals surface area contributed by atoms with E-state index >= 15 is 0 Å². The van der Waals surface area contributed by atoms with Gasteiger partial charge < -0.3 is 5.11 Å². The zero-order chi connectivity index (χ0) is 11.3. The highest BCUT2D eigenvalue weighted by molar-refractivity contribution is 5.69. The van der Waals surface area contributed by atoms with Crippen LogP contribution in [0.25, 0.3) is 0 Å². The van der Waals surface area contributed by atoms with Crippen LogP contribution in [0.4, 0.5) is 0 Å². The summed E-state index contributed by atoms with van der Waals surface area (Å²) in [5, 5.41) is 8.86. The van der Waals surface area contributed by atoms with Crippen molar-refractivity contribution >= 4 is 5.97 Å². The van der Waals surface area contributed by atoms with E-state index in [0.717, 1.165) is 19.4 Å². The van der Waals surface area contributed by atoms with Gasteiger partial charge in [0, 0.05) is 12.6 Å². The summed E-state index contributed by atoms with van der Waals surface area (Å²) >= 11 is 0. The van der Waals surface area contributed by atoms with Crippen LogP contribution in [-0.4, -0.2) is 35.1 Å². The lowest BCUT2D eigenvalue weighted by Gasteiger charge is -2.31. The summed E-state index contributed by atoms with van der Waals surface area (Å²) < 4.78 is 0. The molecule has 0 saturated heterocycles. The quantitative estimate of drug-likeness (QED) is 0.708. The molecule has 3 nitrogen and oxygen atoms in total. The Kier molecular flexibility index (Phi) is 4.82. The normalized spacial score (nSPS) is 21.2. The molecule has 0 fully saturated rings. The fourth-order valence-corrected chi connectivity index (χ4v) is 2.06. The average Bonchev–Trinajstić information content (AvgIpc) is 2.17. The number of hydrogen-bond acceptors (Lipinski definition) is 2. The molecular formula is C12H21NO2. The number of hydrogen-bond donors (Lipinski definition) is 1. The standard InChI is InChI=1S/C12H21NO2/c1-10(2)8-13(9-12(14)15)11-6-4-3-5-7-11/h4,6,10-11H,3,5,7-9H2,1-2H3,(H,14,15). The molecule has 0 heterocycles. The molecule has 1 N–H and O–H groups in total. The lowest BCUT2D eigenvalue weighted by atomic mass is 10.0. The van der Waals surface area contributed by atoms with Crippen molar-refractivity contribution in [1.29, 1.82) is 0 Å². The van der Waals surface area contributed by atoms with Crippen LogP contribution in [-0.2, 0) is 4.79 Å². The predicted molar refractivity (Wildman–Crippen MR) is 60.8 cm³/mol. The number of carboxylic acids is 1. The summed E-state index contributed by atoms with van der Waals surface area (Å²) in [4.78, 5) is 12.8. The van der Waals surface area contributed by atoms with Gasteiger partial charge in [-0.15, -0.1) is 0 Å². The molecule has 15 heavy (non-hydrogen) atoms. The first-order valence-corrected chi connectivity index (χ1v) is 5.72. The van der Waals surface area contributed by atoms with Crippen molar-refractivity contribution in [3.63, 3.8) is 0 Å². The molecule has 1 unspecified atom stereocenters. The summed E-state index contributed by atoms with van der Waals surface area (Å²) in [6, 6.07) is 0.331. The fraction of sp³-hybridized carbons (Fsp3) is 0.750. The Balaban J connectivity index is 2.57. The van der Waals surface area contributed by atoms with Crippen LogP contribution >= 0.6 is 0 Å². The Hall–Kier alpha value is -0.830. The maximum atomic E-state index is 10.8. The van der Waals surface area contributed by atoms with Crippen molar-refractivity contribution in [3.05, 3.63) is 12.2 Å². The third-order valence-electron chi connectivity index (χ3n) is 2.64. The van der Waals surface area contributed by atoms with Gasteiger partial charge in [-0.2, -0.15) is 0 Å². The molecule has 0 aromatic heterocycles. The summed E-state index contributed by atoms with van der Waals surface area (Å²) in [6.07, 6.45) is 7.74. The highest BCUT2D eigenvalue weighted by atomic mass is 16.4. The summed E-state index contributed by atoms with van der Waals surface area (Å²) in [6.45, 7) is 5.28. The van der Waals surface area contributed by atoms with Crippen LogP contribution < -0.4 is 0 Å². The molecule has 1 atom stereocenters. The molecule has 1 rings (SSSR count). The Morgan fingerprint density at radius 2 is 2.33 bits per heavy atom. The largest absolute Gasteiger partial charge is 0.480 e. The van der Waals surface area contributed by atoms with Crippen molar-refractivity contribution in [3.8, 4) is 0 Å². The van der Waals surface area contributed by atoms with Gasteiger partial charge in [0.05, 0.1) is 6.54 Å². The van der Waals surface area contributed by atoms with E-state index < -0.39 is 5.97 Å². The molecule has 0 spiro atoms. The van der Waals surface area contributed by atoms with Gasteiger partial charge >= 0.3 is 5.97 Å². The summed E-state index contributed by atoms with van der Waals surface area (Å²) in [7, 11) is 0. The van der Waals surface area contributed by atoms with E-state index in [9.17, 15) is 4.79 Å². The number of aliphatic carboxylic acids is 1. The second-order valence-corrected chi connectivity index (χ2v) is 4.64. The first-order valence-electron chi connectivity index (χ1n) is 5.72. The topological polar surface area (TPSA) is 40.5 Å². The molecule has 0 aliphatic heterocycles. The third kappa shape index (κ3) is 4.47.